The lowest BCUT2D eigenvalue weighted by Crippen LogP contribution is -2.17. The Bertz CT molecular complexity index is 300. The highest BCUT2D eigenvalue weighted by Gasteiger charge is 2.16. The maximum atomic E-state index is 8.85. The second kappa shape index (κ2) is 3.90. The summed E-state index contributed by atoms with van der Waals surface area (Å²) in [6.07, 6.45) is 0. The van der Waals surface area contributed by atoms with Gasteiger partial charge in [0.25, 0.3) is 0 Å². The molecule has 0 radical (unpaired) electrons. The average Bonchev–Trinajstić information content (AvgIpc) is 2.38. The molecule has 0 saturated carbocycles. The van der Waals surface area contributed by atoms with Crippen LogP contribution in [-0.4, -0.2) is 19.0 Å². The van der Waals surface area contributed by atoms with Gasteiger partial charge in [-0.3, -0.25) is 4.90 Å². The lowest BCUT2D eigenvalue weighted by Gasteiger charge is -2.15. The molecule has 2 nitrogen and oxygen atoms in total. The van der Waals surface area contributed by atoms with Crippen molar-refractivity contribution in [3.63, 3.8) is 0 Å². The van der Waals surface area contributed by atoms with Crippen LogP contribution in [-0.2, 0) is 0 Å². The molecule has 4 heteroatoms. The maximum Gasteiger partial charge on any atom is 0.125 e. The van der Waals surface area contributed by atoms with Crippen LogP contribution in [0.4, 0.5) is 0 Å². The summed E-state index contributed by atoms with van der Waals surface area (Å²) in [5, 5.41) is 10.7. The van der Waals surface area contributed by atoms with Crippen LogP contribution in [0.15, 0.2) is 11.4 Å². The normalized spacial score (nSPS) is 12.9. The smallest absolute Gasteiger partial charge is 0.125 e. The maximum absolute atomic E-state index is 8.85. The highest BCUT2D eigenvalue weighted by atomic mass is 35.5. The van der Waals surface area contributed by atoms with Crippen molar-refractivity contribution in [3.8, 4) is 6.07 Å². The molecule has 1 unspecified atom stereocenters. The van der Waals surface area contributed by atoms with Gasteiger partial charge in [0.15, 0.2) is 0 Å². The minimum absolute atomic E-state index is 0.233. The van der Waals surface area contributed by atoms with Gasteiger partial charge in [0.1, 0.15) is 6.04 Å². The van der Waals surface area contributed by atoms with Crippen molar-refractivity contribution in [2.24, 2.45) is 0 Å². The number of nitrogens with zero attached hydrogens (tertiary/aromatic N) is 2. The van der Waals surface area contributed by atoms with Crippen molar-refractivity contribution in [2.45, 2.75) is 6.04 Å². The molecule has 1 aromatic rings. The Hall–Kier alpha value is -0.560. The Balaban J connectivity index is 2.97. The quantitative estimate of drug-likeness (QED) is 0.734. The van der Waals surface area contributed by atoms with Gasteiger partial charge < -0.3 is 0 Å². The van der Waals surface area contributed by atoms with Gasteiger partial charge in [0.2, 0.25) is 0 Å². The predicted molar refractivity (Wildman–Crippen MR) is 51.4 cm³/mol. The molecule has 0 saturated heterocycles. The zero-order chi connectivity index (χ0) is 9.14. The summed E-state index contributed by atoms with van der Waals surface area (Å²) in [5.41, 5.74) is 0.897. The molecular formula is C8H9ClN2S. The van der Waals surface area contributed by atoms with Gasteiger partial charge in [-0.15, -0.1) is 11.3 Å². The molecular weight excluding hydrogens is 192 g/mol. The van der Waals surface area contributed by atoms with Crippen molar-refractivity contribution in [1.82, 2.24) is 4.90 Å². The average molecular weight is 201 g/mol. The van der Waals surface area contributed by atoms with Gasteiger partial charge in [-0.1, -0.05) is 11.6 Å². The fourth-order valence-electron chi connectivity index (χ4n) is 0.962. The van der Waals surface area contributed by atoms with E-state index < -0.39 is 0 Å². The first-order valence-corrected chi connectivity index (χ1v) is 4.71. The first-order chi connectivity index (χ1) is 5.66. The molecule has 0 spiro atoms. The topological polar surface area (TPSA) is 27.0 Å². The van der Waals surface area contributed by atoms with E-state index in [9.17, 15) is 0 Å². The number of thiophene rings is 1. The standard InChI is InChI=1S/C8H9ClN2S/c1-11(2)7(5-10)6-3-4-12-8(6)9/h3-4,7H,1-2H3. The number of hydrogen-bond acceptors (Lipinski definition) is 3. The van der Waals surface area contributed by atoms with E-state index >= 15 is 0 Å². The molecule has 0 aliphatic rings. The third-order valence-electron chi connectivity index (χ3n) is 1.58. The van der Waals surface area contributed by atoms with Gasteiger partial charge in [-0.2, -0.15) is 5.26 Å². The summed E-state index contributed by atoms with van der Waals surface area (Å²) in [6, 6.07) is 3.85. The van der Waals surface area contributed by atoms with Gasteiger partial charge in [-0.25, -0.2) is 0 Å². The molecule has 0 amide bonds. The van der Waals surface area contributed by atoms with Gasteiger partial charge >= 0.3 is 0 Å². The first-order valence-electron chi connectivity index (χ1n) is 3.45. The molecule has 0 aromatic carbocycles. The van der Waals surface area contributed by atoms with E-state index in [2.05, 4.69) is 6.07 Å². The molecule has 1 rings (SSSR count). The minimum Gasteiger partial charge on any atom is -0.290 e. The Morgan fingerprint density at radius 1 is 1.67 bits per heavy atom. The highest BCUT2D eigenvalue weighted by molar-refractivity contribution is 7.14. The van der Waals surface area contributed by atoms with Crippen LogP contribution in [0.1, 0.15) is 11.6 Å². The van der Waals surface area contributed by atoms with Crippen LogP contribution in [0.5, 0.6) is 0 Å². The number of halogens is 1. The summed E-state index contributed by atoms with van der Waals surface area (Å²) >= 11 is 7.35. The van der Waals surface area contributed by atoms with E-state index in [1.165, 1.54) is 11.3 Å². The fourth-order valence-corrected chi connectivity index (χ4v) is 1.93. The molecule has 1 atom stereocenters. The Labute approximate surface area is 81.0 Å². The molecule has 64 valence electrons. The third kappa shape index (κ3) is 1.78. The molecule has 1 heterocycles. The second-order valence-electron chi connectivity index (χ2n) is 2.64. The Morgan fingerprint density at radius 2 is 2.33 bits per heavy atom. The van der Waals surface area contributed by atoms with Crippen molar-refractivity contribution in [1.29, 1.82) is 5.26 Å². The van der Waals surface area contributed by atoms with E-state index in [0.29, 0.717) is 4.34 Å². The van der Waals surface area contributed by atoms with Crippen molar-refractivity contribution < 1.29 is 0 Å². The zero-order valence-electron chi connectivity index (χ0n) is 6.91. The van der Waals surface area contributed by atoms with Crippen LogP contribution >= 0.6 is 22.9 Å². The van der Waals surface area contributed by atoms with Crippen LogP contribution in [0.3, 0.4) is 0 Å². The summed E-state index contributed by atoms with van der Waals surface area (Å²) in [6.45, 7) is 0. The summed E-state index contributed by atoms with van der Waals surface area (Å²) in [4.78, 5) is 1.84. The van der Waals surface area contributed by atoms with Crippen molar-refractivity contribution >= 4 is 22.9 Å². The molecule has 1 aromatic heterocycles. The number of hydrogen-bond donors (Lipinski definition) is 0. The SMILES string of the molecule is CN(C)C(C#N)c1ccsc1Cl. The van der Waals surface area contributed by atoms with Crippen LogP contribution in [0.2, 0.25) is 4.34 Å². The van der Waals surface area contributed by atoms with Gasteiger partial charge in [0, 0.05) is 5.56 Å². The van der Waals surface area contributed by atoms with Crippen LogP contribution < -0.4 is 0 Å². The number of nitriles is 1. The second-order valence-corrected chi connectivity index (χ2v) is 4.16. The fraction of sp³-hybridized carbons (Fsp3) is 0.375. The van der Waals surface area contributed by atoms with Gasteiger partial charge in [0.05, 0.1) is 10.4 Å². The van der Waals surface area contributed by atoms with Crippen molar-refractivity contribution in [3.05, 3.63) is 21.3 Å². The Morgan fingerprint density at radius 3 is 2.67 bits per heavy atom. The van der Waals surface area contributed by atoms with E-state index in [1.54, 1.807) is 0 Å². The third-order valence-corrected chi connectivity index (χ3v) is 2.78. The highest BCUT2D eigenvalue weighted by Crippen LogP contribution is 2.30. The van der Waals surface area contributed by atoms with Gasteiger partial charge in [-0.05, 0) is 25.5 Å². The zero-order valence-corrected chi connectivity index (χ0v) is 8.49. The van der Waals surface area contributed by atoms with E-state index in [0.717, 1.165) is 5.56 Å². The summed E-state index contributed by atoms with van der Waals surface area (Å²) in [7, 11) is 3.73. The molecule has 0 N–H and O–H groups in total. The largest absolute Gasteiger partial charge is 0.290 e. The molecule has 0 aliphatic carbocycles. The Kier molecular flexibility index (Phi) is 3.10. The van der Waals surface area contributed by atoms with E-state index in [4.69, 9.17) is 16.9 Å². The van der Waals surface area contributed by atoms with E-state index in [1.807, 2.05) is 30.4 Å². The number of rotatable bonds is 2. The molecule has 0 aliphatic heterocycles. The van der Waals surface area contributed by atoms with Crippen LogP contribution in [0, 0.1) is 11.3 Å². The first kappa shape index (κ1) is 9.53. The summed E-state index contributed by atoms with van der Waals surface area (Å²) < 4.78 is 0.704. The van der Waals surface area contributed by atoms with Crippen molar-refractivity contribution in [2.75, 3.05) is 14.1 Å². The predicted octanol–water partition coefficient (Wildman–Crippen LogP) is 2.53. The molecule has 12 heavy (non-hydrogen) atoms. The summed E-state index contributed by atoms with van der Waals surface area (Å²) in [5.74, 6) is 0. The van der Waals surface area contributed by atoms with E-state index in [-0.39, 0.29) is 6.04 Å². The van der Waals surface area contributed by atoms with Crippen LogP contribution in [0.25, 0.3) is 0 Å². The molecule has 0 bridgehead atoms. The lowest BCUT2D eigenvalue weighted by molar-refractivity contribution is 0.359. The monoisotopic (exact) mass is 200 g/mol. The lowest BCUT2D eigenvalue weighted by atomic mass is 10.1. The molecule has 0 fully saturated rings. The minimum atomic E-state index is -0.233.